The predicted molar refractivity (Wildman–Crippen MR) is 70.9 cm³/mol. The fourth-order valence-corrected chi connectivity index (χ4v) is 2.14. The van der Waals surface area contributed by atoms with Gasteiger partial charge in [0.1, 0.15) is 5.82 Å². The molecule has 19 heavy (non-hydrogen) atoms. The van der Waals surface area contributed by atoms with E-state index in [-0.39, 0.29) is 5.56 Å². The number of carboxylic acid groups (broad SMARTS) is 1. The molecule has 0 aliphatic rings. The Morgan fingerprint density at radius 1 is 1.21 bits per heavy atom. The molecule has 0 fully saturated rings. The van der Waals surface area contributed by atoms with Gasteiger partial charge in [-0.25, -0.2) is 4.98 Å². The molecule has 4 nitrogen and oxygen atoms in total. The maximum atomic E-state index is 10.8. The zero-order valence-corrected chi connectivity index (χ0v) is 10.4. The number of H-pyrrole nitrogens is 1. The first kappa shape index (κ1) is 11.7. The number of hydrogen-bond donors (Lipinski definition) is 1. The number of nitrogens with zero attached hydrogens (tertiary/aromatic N) is 1. The SMILES string of the molecule is O=C([O-])c1ccc2nc(-c3ccccc3Cl)[nH]c2c1. The number of carboxylic acids is 1. The lowest BCUT2D eigenvalue weighted by atomic mass is 10.2. The van der Waals surface area contributed by atoms with Crippen LogP contribution in [0.25, 0.3) is 22.4 Å². The molecule has 0 saturated heterocycles. The van der Waals surface area contributed by atoms with Crippen LogP contribution in [0.4, 0.5) is 0 Å². The Kier molecular flexibility index (Phi) is 2.72. The minimum Gasteiger partial charge on any atom is -0.545 e. The third-order valence-corrected chi connectivity index (χ3v) is 3.18. The van der Waals surface area contributed by atoms with Gasteiger partial charge in [0, 0.05) is 5.56 Å². The Morgan fingerprint density at radius 2 is 2.00 bits per heavy atom. The first-order chi connectivity index (χ1) is 9.15. The summed E-state index contributed by atoms with van der Waals surface area (Å²) in [7, 11) is 0. The van der Waals surface area contributed by atoms with Crippen LogP contribution >= 0.6 is 11.6 Å². The highest BCUT2D eigenvalue weighted by Crippen LogP contribution is 2.27. The summed E-state index contributed by atoms with van der Waals surface area (Å²) in [6.45, 7) is 0. The predicted octanol–water partition coefficient (Wildman–Crippen LogP) is 2.25. The maximum Gasteiger partial charge on any atom is 0.139 e. The molecular weight excluding hydrogens is 264 g/mol. The number of rotatable bonds is 2. The summed E-state index contributed by atoms with van der Waals surface area (Å²) in [5, 5.41) is 11.4. The first-order valence-electron chi connectivity index (χ1n) is 5.61. The van der Waals surface area contributed by atoms with Gasteiger partial charge in [0.25, 0.3) is 0 Å². The molecule has 0 aliphatic carbocycles. The van der Waals surface area contributed by atoms with Gasteiger partial charge >= 0.3 is 0 Å². The highest BCUT2D eigenvalue weighted by atomic mass is 35.5. The standard InChI is InChI=1S/C14H9ClN2O2/c15-10-4-2-1-3-9(10)13-16-11-6-5-8(14(18)19)7-12(11)17-13/h1-7H,(H,16,17)(H,18,19)/p-1. The number of nitrogens with one attached hydrogen (secondary N) is 1. The Morgan fingerprint density at radius 3 is 2.74 bits per heavy atom. The van der Waals surface area contributed by atoms with Crippen molar-refractivity contribution >= 4 is 28.6 Å². The molecule has 0 atom stereocenters. The highest BCUT2D eigenvalue weighted by Gasteiger charge is 2.08. The van der Waals surface area contributed by atoms with E-state index in [4.69, 9.17) is 11.6 Å². The quantitative estimate of drug-likeness (QED) is 0.777. The van der Waals surface area contributed by atoms with E-state index in [1.165, 1.54) is 12.1 Å². The van der Waals surface area contributed by atoms with Gasteiger partial charge < -0.3 is 14.9 Å². The molecule has 0 amide bonds. The molecule has 1 heterocycles. The van der Waals surface area contributed by atoms with Gasteiger partial charge in [-0.1, -0.05) is 29.8 Å². The molecule has 94 valence electrons. The number of halogens is 1. The molecule has 1 N–H and O–H groups in total. The highest BCUT2D eigenvalue weighted by molar-refractivity contribution is 6.33. The van der Waals surface area contributed by atoms with Crippen molar-refractivity contribution in [2.45, 2.75) is 0 Å². The van der Waals surface area contributed by atoms with Crippen LogP contribution in [-0.2, 0) is 0 Å². The summed E-state index contributed by atoms with van der Waals surface area (Å²) < 4.78 is 0. The average Bonchev–Trinajstić information content (AvgIpc) is 2.81. The molecule has 0 saturated carbocycles. The van der Waals surface area contributed by atoms with Crippen molar-refractivity contribution in [2.24, 2.45) is 0 Å². The fraction of sp³-hybridized carbons (Fsp3) is 0. The summed E-state index contributed by atoms with van der Waals surface area (Å²) in [6, 6.07) is 11.9. The maximum absolute atomic E-state index is 10.8. The van der Waals surface area contributed by atoms with Crippen LogP contribution in [0.2, 0.25) is 5.02 Å². The first-order valence-corrected chi connectivity index (χ1v) is 5.99. The lowest BCUT2D eigenvalue weighted by molar-refractivity contribution is -0.255. The minimum absolute atomic E-state index is 0.113. The minimum atomic E-state index is -1.21. The normalized spacial score (nSPS) is 10.8. The van der Waals surface area contributed by atoms with E-state index in [1.807, 2.05) is 18.2 Å². The van der Waals surface area contributed by atoms with Crippen LogP contribution < -0.4 is 5.11 Å². The third kappa shape index (κ3) is 2.06. The number of fused-ring (bicyclic) bond motifs is 1. The second-order valence-corrected chi connectivity index (χ2v) is 4.49. The van der Waals surface area contributed by atoms with E-state index in [0.29, 0.717) is 21.9 Å². The van der Waals surface area contributed by atoms with Crippen LogP contribution in [-0.4, -0.2) is 15.9 Å². The van der Waals surface area contributed by atoms with Crippen molar-refractivity contribution in [1.29, 1.82) is 0 Å². The molecule has 0 spiro atoms. The molecule has 5 heteroatoms. The summed E-state index contributed by atoms with van der Waals surface area (Å²) >= 11 is 6.10. The van der Waals surface area contributed by atoms with Crippen LogP contribution in [0.15, 0.2) is 42.5 Å². The van der Waals surface area contributed by atoms with E-state index in [9.17, 15) is 9.90 Å². The topological polar surface area (TPSA) is 68.8 Å². The van der Waals surface area contributed by atoms with Gasteiger partial charge in [0.15, 0.2) is 0 Å². The van der Waals surface area contributed by atoms with Crippen molar-refractivity contribution in [3.8, 4) is 11.4 Å². The Hall–Kier alpha value is -2.33. The number of aromatic amines is 1. The van der Waals surface area contributed by atoms with Gasteiger partial charge in [-0.2, -0.15) is 0 Å². The molecule has 0 unspecified atom stereocenters. The molecule has 0 aliphatic heterocycles. The van der Waals surface area contributed by atoms with Gasteiger partial charge in [0.05, 0.1) is 22.0 Å². The number of imidazole rings is 1. The largest absolute Gasteiger partial charge is 0.545 e. The summed E-state index contributed by atoms with van der Waals surface area (Å²) in [5.41, 5.74) is 2.20. The molecule has 1 aromatic heterocycles. The fourth-order valence-electron chi connectivity index (χ4n) is 1.92. The lowest BCUT2D eigenvalue weighted by Gasteiger charge is -2.00. The Labute approximate surface area is 113 Å². The van der Waals surface area contributed by atoms with E-state index in [2.05, 4.69) is 9.97 Å². The summed E-state index contributed by atoms with van der Waals surface area (Å²) in [6.07, 6.45) is 0. The number of aromatic nitrogens is 2. The number of carbonyl (C=O) groups is 1. The Bertz CT molecular complexity index is 780. The van der Waals surface area contributed by atoms with Crippen molar-refractivity contribution in [2.75, 3.05) is 0 Å². The molecule has 3 rings (SSSR count). The van der Waals surface area contributed by atoms with Crippen molar-refractivity contribution in [3.05, 3.63) is 53.1 Å². The second-order valence-electron chi connectivity index (χ2n) is 4.08. The lowest BCUT2D eigenvalue weighted by Crippen LogP contribution is -2.21. The van der Waals surface area contributed by atoms with Gasteiger partial charge in [0.2, 0.25) is 0 Å². The summed E-state index contributed by atoms with van der Waals surface area (Å²) in [4.78, 5) is 18.3. The van der Waals surface area contributed by atoms with E-state index in [0.717, 1.165) is 5.56 Å². The number of hydrogen-bond acceptors (Lipinski definition) is 3. The zero-order chi connectivity index (χ0) is 13.4. The van der Waals surface area contributed by atoms with E-state index in [1.54, 1.807) is 12.1 Å². The molecular formula is C14H8ClN2O2-. The molecule has 2 aromatic carbocycles. The van der Waals surface area contributed by atoms with E-state index >= 15 is 0 Å². The van der Waals surface area contributed by atoms with Crippen molar-refractivity contribution < 1.29 is 9.90 Å². The second kappa shape index (κ2) is 4.40. The molecule has 3 aromatic rings. The summed E-state index contributed by atoms with van der Waals surface area (Å²) in [5.74, 6) is -0.605. The zero-order valence-electron chi connectivity index (χ0n) is 9.68. The monoisotopic (exact) mass is 271 g/mol. The average molecular weight is 272 g/mol. The molecule has 0 bridgehead atoms. The van der Waals surface area contributed by atoms with Crippen LogP contribution in [0.5, 0.6) is 0 Å². The van der Waals surface area contributed by atoms with Crippen LogP contribution in [0.1, 0.15) is 10.4 Å². The number of benzene rings is 2. The number of carbonyl (C=O) groups excluding carboxylic acids is 1. The molecule has 0 radical (unpaired) electrons. The van der Waals surface area contributed by atoms with Gasteiger partial charge in [-0.05, 0) is 29.8 Å². The van der Waals surface area contributed by atoms with Crippen LogP contribution in [0.3, 0.4) is 0 Å². The van der Waals surface area contributed by atoms with Crippen molar-refractivity contribution in [3.63, 3.8) is 0 Å². The van der Waals surface area contributed by atoms with Crippen molar-refractivity contribution in [1.82, 2.24) is 9.97 Å². The number of aromatic carboxylic acids is 1. The van der Waals surface area contributed by atoms with E-state index < -0.39 is 5.97 Å². The van der Waals surface area contributed by atoms with Crippen LogP contribution in [0, 0.1) is 0 Å². The third-order valence-electron chi connectivity index (χ3n) is 2.85. The Balaban J connectivity index is 2.17. The van der Waals surface area contributed by atoms with Gasteiger partial charge in [-0.3, -0.25) is 0 Å². The van der Waals surface area contributed by atoms with Gasteiger partial charge in [-0.15, -0.1) is 0 Å². The smallest absolute Gasteiger partial charge is 0.139 e.